The smallest absolute Gasteiger partial charge is 0.241 e. The van der Waals surface area contributed by atoms with Gasteiger partial charge in [0.2, 0.25) is 10.0 Å². The fourth-order valence-corrected chi connectivity index (χ4v) is 3.48. The summed E-state index contributed by atoms with van der Waals surface area (Å²) in [7, 11) is -3.53. The quantitative estimate of drug-likeness (QED) is 0.784. The first-order valence-corrected chi connectivity index (χ1v) is 8.10. The molecule has 108 valence electrons. The molecule has 0 spiro atoms. The van der Waals surface area contributed by atoms with Crippen LogP contribution in [0.2, 0.25) is 0 Å². The summed E-state index contributed by atoms with van der Waals surface area (Å²) in [5, 5.41) is 5.68. The third-order valence-electron chi connectivity index (χ3n) is 3.23. The molecule has 2 aromatic carbocycles. The SMILES string of the molecule is O=S(=O)(NCCn1cccn1)c1cccc2ccccc12. The highest BCUT2D eigenvalue weighted by atomic mass is 32.2. The first-order chi connectivity index (χ1) is 10.2. The van der Waals surface area contributed by atoms with Gasteiger partial charge in [0.15, 0.2) is 0 Å². The summed E-state index contributed by atoms with van der Waals surface area (Å²) in [6.07, 6.45) is 3.46. The van der Waals surface area contributed by atoms with Gasteiger partial charge in [-0.25, -0.2) is 13.1 Å². The van der Waals surface area contributed by atoms with E-state index in [1.165, 1.54) is 0 Å². The summed E-state index contributed by atoms with van der Waals surface area (Å²) in [6, 6.07) is 14.5. The van der Waals surface area contributed by atoms with E-state index in [2.05, 4.69) is 9.82 Å². The number of aromatic nitrogens is 2. The highest BCUT2D eigenvalue weighted by molar-refractivity contribution is 7.89. The molecule has 0 saturated carbocycles. The zero-order valence-electron chi connectivity index (χ0n) is 11.3. The van der Waals surface area contributed by atoms with E-state index in [4.69, 9.17) is 0 Å². The lowest BCUT2D eigenvalue weighted by molar-refractivity contribution is 0.561. The Labute approximate surface area is 123 Å². The van der Waals surface area contributed by atoms with E-state index < -0.39 is 10.0 Å². The van der Waals surface area contributed by atoms with Crippen molar-refractivity contribution < 1.29 is 8.42 Å². The average Bonchev–Trinajstić information content (AvgIpc) is 3.00. The Kier molecular flexibility index (Phi) is 3.72. The highest BCUT2D eigenvalue weighted by Crippen LogP contribution is 2.22. The van der Waals surface area contributed by atoms with Gasteiger partial charge in [-0.1, -0.05) is 36.4 Å². The molecule has 0 amide bonds. The van der Waals surface area contributed by atoms with Crippen LogP contribution >= 0.6 is 0 Å². The minimum Gasteiger partial charge on any atom is -0.271 e. The van der Waals surface area contributed by atoms with E-state index in [1.54, 1.807) is 35.3 Å². The molecule has 1 N–H and O–H groups in total. The van der Waals surface area contributed by atoms with E-state index in [-0.39, 0.29) is 0 Å². The summed E-state index contributed by atoms with van der Waals surface area (Å²) in [5.74, 6) is 0. The lowest BCUT2D eigenvalue weighted by atomic mass is 10.1. The maximum Gasteiger partial charge on any atom is 0.241 e. The molecule has 0 atom stereocenters. The fraction of sp³-hybridized carbons (Fsp3) is 0.133. The maximum absolute atomic E-state index is 12.4. The van der Waals surface area contributed by atoms with Crippen LogP contribution in [0.3, 0.4) is 0 Å². The average molecular weight is 301 g/mol. The van der Waals surface area contributed by atoms with Crippen molar-refractivity contribution in [3.63, 3.8) is 0 Å². The second-order valence-corrected chi connectivity index (χ2v) is 6.38. The molecule has 0 bridgehead atoms. The molecule has 0 unspecified atom stereocenters. The third kappa shape index (κ3) is 2.96. The third-order valence-corrected chi connectivity index (χ3v) is 4.75. The first kappa shape index (κ1) is 13.8. The zero-order chi connectivity index (χ0) is 14.7. The molecule has 0 aliphatic rings. The van der Waals surface area contributed by atoms with Gasteiger partial charge in [-0.15, -0.1) is 0 Å². The van der Waals surface area contributed by atoms with Crippen molar-refractivity contribution >= 4 is 20.8 Å². The van der Waals surface area contributed by atoms with Crippen molar-refractivity contribution in [2.75, 3.05) is 6.54 Å². The van der Waals surface area contributed by atoms with Gasteiger partial charge < -0.3 is 0 Å². The highest BCUT2D eigenvalue weighted by Gasteiger charge is 2.16. The number of nitrogens with zero attached hydrogens (tertiary/aromatic N) is 2. The number of hydrogen-bond donors (Lipinski definition) is 1. The molecular weight excluding hydrogens is 286 g/mol. The Morgan fingerprint density at radius 3 is 2.67 bits per heavy atom. The predicted octanol–water partition coefficient (Wildman–Crippen LogP) is 2.01. The molecule has 1 heterocycles. The van der Waals surface area contributed by atoms with Crippen LogP contribution < -0.4 is 4.72 Å². The van der Waals surface area contributed by atoms with Crippen LogP contribution in [0.1, 0.15) is 0 Å². The number of sulfonamides is 1. The van der Waals surface area contributed by atoms with Crippen LogP contribution in [0.5, 0.6) is 0 Å². The van der Waals surface area contributed by atoms with Crippen LogP contribution in [0.15, 0.2) is 65.8 Å². The van der Waals surface area contributed by atoms with Crippen molar-refractivity contribution in [3.8, 4) is 0 Å². The topological polar surface area (TPSA) is 64.0 Å². The van der Waals surface area contributed by atoms with Crippen LogP contribution in [0, 0.1) is 0 Å². The predicted molar refractivity (Wildman–Crippen MR) is 81.4 cm³/mol. The standard InChI is InChI=1S/C15H15N3O2S/c19-21(20,17-10-12-18-11-4-9-16-18)15-8-3-6-13-5-1-2-7-14(13)15/h1-9,11,17H,10,12H2. The van der Waals surface area contributed by atoms with Crippen LogP contribution in [0.4, 0.5) is 0 Å². The Balaban J connectivity index is 1.83. The lowest BCUT2D eigenvalue weighted by Crippen LogP contribution is -2.27. The molecule has 0 aliphatic carbocycles. The second kappa shape index (κ2) is 5.67. The van der Waals surface area contributed by atoms with Crippen molar-refractivity contribution in [3.05, 3.63) is 60.9 Å². The van der Waals surface area contributed by atoms with E-state index in [9.17, 15) is 8.42 Å². The number of fused-ring (bicyclic) bond motifs is 1. The molecular formula is C15H15N3O2S. The fourth-order valence-electron chi connectivity index (χ4n) is 2.24. The van der Waals surface area contributed by atoms with Gasteiger partial charge >= 0.3 is 0 Å². The van der Waals surface area contributed by atoms with Gasteiger partial charge in [-0.05, 0) is 17.5 Å². The Morgan fingerprint density at radius 2 is 1.86 bits per heavy atom. The van der Waals surface area contributed by atoms with Crippen molar-refractivity contribution in [1.29, 1.82) is 0 Å². The largest absolute Gasteiger partial charge is 0.271 e. The molecule has 3 rings (SSSR count). The molecule has 5 nitrogen and oxygen atoms in total. The monoisotopic (exact) mass is 301 g/mol. The van der Waals surface area contributed by atoms with E-state index >= 15 is 0 Å². The van der Waals surface area contributed by atoms with E-state index in [1.807, 2.05) is 30.3 Å². The zero-order valence-corrected chi connectivity index (χ0v) is 12.1. The normalized spacial score (nSPS) is 11.8. The molecule has 0 fully saturated rings. The van der Waals surface area contributed by atoms with Crippen molar-refractivity contribution in [2.24, 2.45) is 0 Å². The van der Waals surface area contributed by atoms with Gasteiger partial charge in [0.25, 0.3) is 0 Å². The summed E-state index contributed by atoms with van der Waals surface area (Å²) in [5.41, 5.74) is 0. The Bertz CT molecular complexity index is 837. The van der Waals surface area contributed by atoms with Crippen LogP contribution in [0.25, 0.3) is 10.8 Å². The molecule has 21 heavy (non-hydrogen) atoms. The van der Waals surface area contributed by atoms with Crippen LogP contribution in [-0.4, -0.2) is 24.7 Å². The van der Waals surface area contributed by atoms with Gasteiger partial charge in [0.05, 0.1) is 11.4 Å². The summed E-state index contributed by atoms with van der Waals surface area (Å²) in [4.78, 5) is 0.307. The van der Waals surface area contributed by atoms with E-state index in [0.29, 0.717) is 18.0 Å². The molecule has 3 aromatic rings. The maximum atomic E-state index is 12.4. The van der Waals surface area contributed by atoms with Gasteiger partial charge in [-0.3, -0.25) is 4.68 Å². The molecule has 0 saturated heterocycles. The summed E-state index contributed by atoms with van der Waals surface area (Å²) >= 11 is 0. The summed E-state index contributed by atoms with van der Waals surface area (Å²) < 4.78 is 29.2. The molecule has 1 aromatic heterocycles. The number of nitrogens with one attached hydrogen (secondary N) is 1. The first-order valence-electron chi connectivity index (χ1n) is 6.62. The number of rotatable bonds is 5. The number of benzene rings is 2. The Morgan fingerprint density at radius 1 is 1.05 bits per heavy atom. The molecule has 6 heteroatoms. The number of hydrogen-bond acceptors (Lipinski definition) is 3. The summed E-state index contributed by atoms with van der Waals surface area (Å²) in [6.45, 7) is 0.796. The van der Waals surface area contributed by atoms with Gasteiger partial charge in [-0.2, -0.15) is 5.10 Å². The second-order valence-electron chi connectivity index (χ2n) is 4.64. The molecule has 0 radical (unpaired) electrons. The Hall–Kier alpha value is -2.18. The van der Waals surface area contributed by atoms with Crippen molar-refractivity contribution in [2.45, 2.75) is 11.4 Å². The lowest BCUT2D eigenvalue weighted by Gasteiger charge is -2.09. The van der Waals surface area contributed by atoms with Crippen molar-refractivity contribution in [1.82, 2.24) is 14.5 Å². The molecule has 0 aliphatic heterocycles. The minimum absolute atomic E-state index is 0.299. The van der Waals surface area contributed by atoms with Crippen LogP contribution in [-0.2, 0) is 16.6 Å². The van der Waals surface area contributed by atoms with E-state index in [0.717, 1.165) is 10.8 Å². The van der Waals surface area contributed by atoms with Gasteiger partial charge in [0, 0.05) is 24.3 Å². The van der Waals surface area contributed by atoms with Gasteiger partial charge in [0.1, 0.15) is 0 Å². The minimum atomic E-state index is -3.53.